The van der Waals surface area contributed by atoms with Crippen molar-refractivity contribution in [2.24, 2.45) is 5.92 Å². The maximum absolute atomic E-state index is 13.4. The number of esters is 1. The Bertz CT molecular complexity index is 1260. The van der Waals surface area contributed by atoms with Crippen molar-refractivity contribution in [1.82, 2.24) is 30.1 Å². The molecule has 1 aliphatic rings. The van der Waals surface area contributed by atoms with Gasteiger partial charge in [-0.2, -0.15) is 0 Å². The van der Waals surface area contributed by atoms with Crippen LogP contribution in [0.15, 0.2) is 29.1 Å². The van der Waals surface area contributed by atoms with Gasteiger partial charge in [-0.3, -0.25) is 14.5 Å². The number of rotatable bonds is 9. The van der Waals surface area contributed by atoms with Gasteiger partial charge in [-0.25, -0.2) is 4.68 Å². The lowest BCUT2D eigenvalue weighted by atomic mass is 9.93. The quantitative estimate of drug-likeness (QED) is 0.448. The highest BCUT2D eigenvalue weighted by Crippen LogP contribution is 2.34. The Labute approximate surface area is 211 Å². The molecule has 1 aromatic carbocycles. The Balaban J connectivity index is 1.79. The summed E-state index contributed by atoms with van der Waals surface area (Å²) in [6.07, 6.45) is 2.11. The molecule has 0 aliphatic carbocycles. The summed E-state index contributed by atoms with van der Waals surface area (Å²) in [6, 6.07) is 7.08. The minimum atomic E-state index is -0.474. The Morgan fingerprint density at radius 1 is 1.17 bits per heavy atom. The molecule has 1 N–H and O–H groups in total. The maximum atomic E-state index is 13.4. The predicted molar refractivity (Wildman–Crippen MR) is 136 cm³/mol. The van der Waals surface area contributed by atoms with Gasteiger partial charge in [-0.1, -0.05) is 6.92 Å². The number of carbonyl (C=O) groups is 1. The highest BCUT2D eigenvalue weighted by atomic mass is 16.5. The summed E-state index contributed by atoms with van der Waals surface area (Å²) < 4.78 is 12.8. The average Bonchev–Trinajstić information content (AvgIpc) is 3.36. The third-order valence-electron chi connectivity index (χ3n) is 7.14. The number of benzene rings is 1. The zero-order valence-corrected chi connectivity index (χ0v) is 21.8. The molecule has 3 aromatic rings. The summed E-state index contributed by atoms with van der Waals surface area (Å²) in [5.41, 5.74) is 0.772. The Kier molecular flexibility index (Phi) is 7.73. The summed E-state index contributed by atoms with van der Waals surface area (Å²) in [6.45, 7) is 12.2. The number of aromatic amines is 1. The number of fused-ring (bicyclic) bond motifs is 1. The standard InChI is InChI=1S/C26H36N6O4/c1-6-26(4,5)32-23(28-29-30-32)22(31-13-11-17(12-14-31)25(34)36-8-3)20-16-18-15-19(35-7-2)9-10-21(18)27-24(20)33/h9-10,15-17,22H,6-8,11-14H2,1-5H3,(H,27,33)/t22-/m1/s1. The number of hydrogen-bond acceptors (Lipinski definition) is 8. The summed E-state index contributed by atoms with van der Waals surface area (Å²) in [5.74, 6) is 1.06. The van der Waals surface area contributed by atoms with E-state index in [9.17, 15) is 9.59 Å². The van der Waals surface area contributed by atoms with E-state index in [0.717, 1.165) is 23.1 Å². The zero-order chi connectivity index (χ0) is 25.9. The van der Waals surface area contributed by atoms with Crippen molar-refractivity contribution < 1.29 is 14.3 Å². The Morgan fingerprint density at radius 3 is 2.58 bits per heavy atom. The van der Waals surface area contributed by atoms with E-state index in [0.29, 0.717) is 50.5 Å². The van der Waals surface area contributed by atoms with Crippen LogP contribution in [0.2, 0.25) is 0 Å². The first kappa shape index (κ1) is 25.8. The van der Waals surface area contributed by atoms with Crippen molar-refractivity contribution in [1.29, 1.82) is 0 Å². The highest BCUT2D eigenvalue weighted by Gasteiger charge is 2.37. The van der Waals surface area contributed by atoms with Gasteiger partial charge >= 0.3 is 5.97 Å². The average molecular weight is 497 g/mol. The summed E-state index contributed by atoms with van der Waals surface area (Å²) in [5, 5.41) is 13.6. The van der Waals surface area contributed by atoms with Crippen LogP contribution in [0.3, 0.4) is 0 Å². The molecule has 10 nitrogen and oxygen atoms in total. The minimum Gasteiger partial charge on any atom is -0.494 e. The normalized spacial score (nSPS) is 16.2. The minimum absolute atomic E-state index is 0.145. The monoisotopic (exact) mass is 496 g/mol. The number of hydrogen-bond donors (Lipinski definition) is 1. The van der Waals surface area contributed by atoms with Gasteiger partial charge < -0.3 is 14.5 Å². The molecular formula is C26H36N6O4. The molecule has 0 amide bonds. The second-order valence-corrected chi connectivity index (χ2v) is 9.82. The number of H-pyrrole nitrogens is 1. The number of nitrogens with zero attached hydrogens (tertiary/aromatic N) is 5. The van der Waals surface area contributed by atoms with Crippen LogP contribution in [-0.2, 0) is 15.1 Å². The molecule has 1 aliphatic heterocycles. The summed E-state index contributed by atoms with van der Waals surface area (Å²) >= 11 is 0. The molecular weight excluding hydrogens is 460 g/mol. The van der Waals surface area contributed by atoms with Crippen LogP contribution in [0.5, 0.6) is 5.75 Å². The van der Waals surface area contributed by atoms with E-state index in [1.165, 1.54) is 0 Å². The molecule has 0 bridgehead atoms. The number of piperidine rings is 1. The third-order valence-corrected chi connectivity index (χ3v) is 7.14. The van der Waals surface area contributed by atoms with Gasteiger partial charge in [-0.05, 0) is 81.6 Å². The van der Waals surface area contributed by atoms with E-state index >= 15 is 0 Å². The molecule has 10 heteroatoms. The van der Waals surface area contributed by atoms with E-state index in [1.807, 2.05) is 42.8 Å². The third kappa shape index (κ3) is 5.13. The number of aromatic nitrogens is 5. The van der Waals surface area contributed by atoms with Gasteiger partial charge in [0.15, 0.2) is 5.82 Å². The molecule has 0 radical (unpaired) electrons. The van der Waals surface area contributed by atoms with E-state index < -0.39 is 6.04 Å². The Morgan fingerprint density at radius 2 is 1.92 bits per heavy atom. The fourth-order valence-corrected chi connectivity index (χ4v) is 4.76. The van der Waals surface area contributed by atoms with Crippen molar-refractivity contribution in [2.45, 2.75) is 65.5 Å². The van der Waals surface area contributed by atoms with E-state index in [2.05, 4.69) is 46.2 Å². The largest absolute Gasteiger partial charge is 0.494 e. The second-order valence-electron chi connectivity index (χ2n) is 9.82. The van der Waals surface area contributed by atoms with Crippen LogP contribution >= 0.6 is 0 Å². The molecule has 1 fully saturated rings. The SMILES string of the molecule is CCOC(=O)C1CCN([C@H](c2cc3cc(OCC)ccc3[nH]c2=O)c2nnnn2C(C)(C)CC)CC1. The maximum Gasteiger partial charge on any atom is 0.309 e. The molecule has 36 heavy (non-hydrogen) atoms. The fourth-order valence-electron chi connectivity index (χ4n) is 4.76. The van der Waals surface area contributed by atoms with Gasteiger partial charge in [0.2, 0.25) is 0 Å². The molecule has 2 aromatic heterocycles. The number of carbonyl (C=O) groups excluding carboxylic acids is 1. The van der Waals surface area contributed by atoms with Crippen LogP contribution in [0.25, 0.3) is 10.9 Å². The highest BCUT2D eigenvalue weighted by molar-refractivity contribution is 5.80. The number of ether oxygens (including phenoxy) is 2. The van der Waals surface area contributed by atoms with Crippen LogP contribution < -0.4 is 10.3 Å². The molecule has 0 saturated carbocycles. The van der Waals surface area contributed by atoms with Crippen LogP contribution in [0.4, 0.5) is 0 Å². The fraction of sp³-hybridized carbons (Fsp3) is 0.577. The zero-order valence-electron chi connectivity index (χ0n) is 21.8. The van der Waals surface area contributed by atoms with Crippen molar-refractivity contribution in [2.75, 3.05) is 26.3 Å². The van der Waals surface area contributed by atoms with Gasteiger partial charge in [-0.15, -0.1) is 5.10 Å². The van der Waals surface area contributed by atoms with Crippen molar-refractivity contribution >= 4 is 16.9 Å². The number of likely N-dealkylation sites (tertiary alicyclic amines) is 1. The molecule has 194 valence electrons. The van der Waals surface area contributed by atoms with Crippen LogP contribution in [0.1, 0.15) is 71.3 Å². The number of nitrogens with one attached hydrogen (secondary N) is 1. The smallest absolute Gasteiger partial charge is 0.309 e. The summed E-state index contributed by atoms with van der Waals surface area (Å²) in [7, 11) is 0. The summed E-state index contributed by atoms with van der Waals surface area (Å²) in [4.78, 5) is 31.0. The topological polar surface area (TPSA) is 115 Å². The van der Waals surface area contributed by atoms with Crippen LogP contribution in [-0.4, -0.2) is 62.4 Å². The molecule has 1 saturated heterocycles. The number of tetrazole rings is 1. The first-order valence-electron chi connectivity index (χ1n) is 12.8. The second kappa shape index (κ2) is 10.8. The lowest BCUT2D eigenvalue weighted by Crippen LogP contribution is -2.43. The molecule has 1 atom stereocenters. The lowest BCUT2D eigenvalue weighted by Gasteiger charge is -2.37. The lowest BCUT2D eigenvalue weighted by molar-refractivity contribution is -0.149. The Hall–Kier alpha value is -3.27. The van der Waals surface area contributed by atoms with Crippen LogP contribution in [0, 0.1) is 5.92 Å². The van der Waals surface area contributed by atoms with E-state index in [4.69, 9.17) is 9.47 Å². The molecule has 3 heterocycles. The van der Waals surface area contributed by atoms with Gasteiger partial charge in [0.25, 0.3) is 5.56 Å². The first-order chi connectivity index (χ1) is 17.3. The van der Waals surface area contributed by atoms with Crippen molar-refractivity contribution in [3.63, 3.8) is 0 Å². The van der Waals surface area contributed by atoms with E-state index in [-0.39, 0.29) is 23.0 Å². The van der Waals surface area contributed by atoms with Crippen molar-refractivity contribution in [3.05, 3.63) is 46.0 Å². The molecule has 0 spiro atoms. The van der Waals surface area contributed by atoms with E-state index in [1.54, 1.807) is 0 Å². The predicted octanol–water partition coefficient (Wildman–Crippen LogP) is 3.42. The van der Waals surface area contributed by atoms with Gasteiger partial charge in [0.05, 0.1) is 24.7 Å². The van der Waals surface area contributed by atoms with Gasteiger partial charge in [0.1, 0.15) is 11.8 Å². The number of pyridine rings is 1. The van der Waals surface area contributed by atoms with Crippen molar-refractivity contribution in [3.8, 4) is 5.75 Å². The first-order valence-corrected chi connectivity index (χ1v) is 12.8. The molecule has 0 unspecified atom stereocenters. The van der Waals surface area contributed by atoms with Gasteiger partial charge in [0, 0.05) is 29.6 Å². The molecule has 4 rings (SSSR count).